The molecule has 4 heteroatoms. The fraction of sp³-hybridized carbons (Fsp3) is 0.909. The Kier molecular flexibility index (Phi) is 5.05. The van der Waals surface area contributed by atoms with E-state index in [0.29, 0.717) is 0 Å². The molecule has 0 aliphatic heterocycles. The zero-order valence-corrected chi connectivity index (χ0v) is 9.44. The Morgan fingerprint density at radius 3 is 2.47 bits per heavy atom. The molecule has 0 saturated heterocycles. The number of hydrogen-bond donors (Lipinski definition) is 1. The van der Waals surface area contributed by atoms with Crippen LogP contribution in [-0.4, -0.2) is 23.7 Å². The van der Waals surface area contributed by atoms with E-state index < -0.39 is 18.5 Å². The number of ether oxygens (including phenoxy) is 2. The minimum Gasteiger partial charge on any atom is -0.436 e. The number of carbonyl (C=O) groups is 1. The molecule has 0 aromatic rings. The van der Waals surface area contributed by atoms with Gasteiger partial charge in [0.05, 0.1) is 0 Å². The van der Waals surface area contributed by atoms with Crippen molar-refractivity contribution in [2.45, 2.75) is 58.5 Å². The molecule has 15 heavy (non-hydrogen) atoms. The molecule has 88 valence electrons. The van der Waals surface area contributed by atoms with Gasteiger partial charge in [0.1, 0.15) is 0 Å². The van der Waals surface area contributed by atoms with Crippen LogP contribution in [0.4, 0.5) is 0 Å². The van der Waals surface area contributed by atoms with Crippen molar-refractivity contribution in [3.8, 4) is 0 Å². The van der Waals surface area contributed by atoms with Gasteiger partial charge in [-0.1, -0.05) is 19.3 Å². The summed E-state index contributed by atoms with van der Waals surface area (Å²) >= 11 is 0. The summed E-state index contributed by atoms with van der Waals surface area (Å²) in [5.41, 5.74) is 0. The van der Waals surface area contributed by atoms with Crippen molar-refractivity contribution in [3.63, 3.8) is 0 Å². The molecule has 0 radical (unpaired) electrons. The largest absolute Gasteiger partial charge is 0.436 e. The molecule has 1 rings (SSSR count). The maximum Gasteiger partial charge on any atom is 0.304 e. The van der Waals surface area contributed by atoms with Crippen LogP contribution in [-0.2, 0) is 14.3 Å². The summed E-state index contributed by atoms with van der Waals surface area (Å²) in [7, 11) is 0. The summed E-state index contributed by atoms with van der Waals surface area (Å²) in [5.74, 6) is -0.199. The molecule has 0 spiro atoms. The topological polar surface area (TPSA) is 55.8 Å². The van der Waals surface area contributed by atoms with E-state index in [-0.39, 0.29) is 5.92 Å². The minimum atomic E-state index is -0.806. The standard InChI is InChI=1S/C11H20O4/c1-8(12)14-9(2)15-11(13)10-6-4-3-5-7-10/h9-11,13H,3-7H2,1-2H3. The van der Waals surface area contributed by atoms with Crippen LogP contribution < -0.4 is 0 Å². The Labute approximate surface area is 90.6 Å². The van der Waals surface area contributed by atoms with Gasteiger partial charge in [-0.25, -0.2) is 0 Å². The quantitative estimate of drug-likeness (QED) is 0.575. The first kappa shape index (κ1) is 12.5. The highest BCUT2D eigenvalue weighted by molar-refractivity contribution is 5.65. The van der Waals surface area contributed by atoms with Crippen LogP contribution in [0.25, 0.3) is 0 Å². The third kappa shape index (κ3) is 4.62. The molecular formula is C11H20O4. The number of aliphatic hydroxyl groups is 1. The van der Waals surface area contributed by atoms with Crippen LogP contribution in [0.15, 0.2) is 0 Å². The van der Waals surface area contributed by atoms with E-state index in [4.69, 9.17) is 9.47 Å². The molecule has 1 aliphatic rings. The van der Waals surface area contributed by atoms with Crippen LogP contribution in [0.5, 0.6) is 0 Å². The number of carbonyl (C=O) groups excluding carboxylic acids is 1. The fourth-order valence-corrected chi connectivity index (χ4v) is 1.99. The van der Waals surface area contributed by atoms with Crippen molar-refractivity contribution < 1.29 is 19.4 Å². The smallest absolute Gasteiger partial charge is 0.304 e. The van der Waals surface area contributed by atoms with Gasteiger partial charge in [0, 0.05) is 12.8 Å². The average Bonchev–Trinajstić information content (AvgIpc) is 2.17. The molecule has 0 bridgehead atoms. The maximum absolute atomic E-state index is 10.6. The SMILES string of the molecule is CC(=O)OC(C)OC(O)C1CCCCC1. The number of hydrogen-bond acceptors (Lipinski definition) is 4. The summed E-state index contributed by atoms with van der Waals surface area (Å²) in [5, 5.41) is 9.74. The molecule has 0 heterocycles. The Bertz CT molecular complexity index is 199. The Morgan fingerprint density at radius 1 is 1.33 bits per heavy atom. The van der Waals surface area contributed by atoms with Crippen LogP contribution in [0, 0.1) is 5.92 Å². The molecule has 1 aliphatic carbocycles. The van der Waals surface area contributed by atoms with Crippen molar-refractivity contribution in [1.82, 2.24) is 0 Å². The maximum atomic E-state index is 10.6. The van der Waals surface area contributed by atoms with Crippen molar-refractivity contribution in [2.75, 3.05) is 0 Å². The average molecular weight is 216 g/mol. The minimum absolute atomic E-state index is 0.191. The molecule has 1 fully saturated rings. The second-order valence-electron chi connectivity index (χ2n) is 4.10. The van der Waals surface area contributed by atoms with Gasteiger partial charge in [0.15, 0.2) is 6.29 Å². The van der Waals surface area contributed by atoms with E-state index >= 15 is 0 Å². The molecule has 0 amide bonds. The normalized spacial score (nSPS) is 22.1. The lowest BCUT2D eigenvalue weighted by atomic mass is 9.89. The van der Waals surface area contributed by atoms with Crippen molar-refractivity contribution in [2.24, 2.45) is 5.92 Å². The van der Waals surface area contributed by atoms with Gasteiger partial charge in [-0.15, -0.1) is 0 Å². The lowest BCUT2D eigenvalue weighted by Gasteiger charge is -2.28. The highest BCUT2D eigenvalue weighted by Crippen LogP contribution is 2.27. The molecule has 0 aromatic heterocycles. The number of rotatable bonds is 4. The predicted molar refractivity (Wildman–Crippen MR) is 54.9 cm³/mol. The number of aliphatic hydroxyl groups excluding tert-OH is 1. The van der Waals surface area contributed by atoms with Crippen LogP contribution in [0.1, 0.15) is 46.0 Å². The van der Waals surface area contributed by atoms with E-state index in [1.807, 2.05) is 0 Å². The van der Waals surface area contributed by atoms with E-state index in [0.717, 1.165) is 25.7 Å². The van der Waals surface area contributed by atoms with Crippen molar-refractivity contribution in [3.05, 3.63) is 0 Å². The second-order valence-corrected chi connectivity index (χ2v) is 4.10. The highest BCUT2D eigenvalue weighted by Gasteiger charge is 2.24. The first-order chi connectivity index (χ1) is 7.09. The summed E-state index contributed by atoms with van der Waals surface area (Å²) in [6, 6.07) is 0. The summed E-state index contributed by atoms with van der Waals surface area (Å²) < 4.78 is 10.0. The molecule has 2 atom stereocenters. The Morgan fingerprint density at radius 2 is 1.93 bits per heavy atom. The van der Waals surface area contributed by atoms with E-state index in [9.17, 15) is 9.90 Å². The zero-order chi connectivity index (χ0) is 11.3. The Balaban J connectivity index is 2.26. The summed E-state index contributed by atoms with van der Waals surface area (Å²) in [4.78, 5) is 10.6. The van der Waals surface area contributed by atoms with Crippen molar-refractivity contribution >= 4 is 5.97 Å². The Hall–Kier alpha value is -0.610. The van der Waals surface area contributed by atoms with Gasteiger partial charge >= 0.3 is 5.97 Å². The number of esters is 1. The lowest BCUT2D eigenvalue weighted by molar-refractivity contribution is -0.236. The van der Waals surface area contributed by atoms with Gasteiger partial charge in [-0.05, 0) is 19.8 Å². The molecular weight excluding hydrogens is 196 g/mol. The highest BCUT2D eigenvalue weighted by atomic mass is 16.7. The molecule has 1 N–H and O–H groups in total. The third-order valence-corrected chi connectivity index (χ3v) is 2.72. The van der Waals surface area contributed by atoms with Crippen LogP contribution in [0.3, 0.4) is 0 Å². The third-order valence-electron chi connectivity index (χ3n) is 2.72. The monoisotopic (exact) mass is 216 g/mol. The van der Waals surface area contributed by atoms with Crippen LogP contribution >= 0.6 is 0 Å². The van der Waals surface area contributed by atoms with E-state index in [2.05, 4.69) is 0 Å². The van der Waals surface area contributed by atoms with Gasteiger partial charge < -0.3 is 14.6 Å². The molecule has 1 saturated carbocycles. The van der Waals surface area contributed by atoms with E-state index in [1.165, 1.54) is 13.3 Å². The lowest BCUT2D eigenvalue weighted by Crippen LogP contribution is -2.31. The summed E-state index contributed by atoms with van der Waals surface area (Å²) in [6.45, 7) is 2.94. The van der Waals surface area contributed by atoms with Gasteiger partial charge in [-0.2, -0.15) is 0 Å². The first-order valence-corrected chi connectivity index (χ1v) is 5.60. The summed E-state index contributed by atoms with van der Waals surface area (Å²) in [6.07, 6.45) is 4.05. The second kappa shape index (κ2) is 6.08. The molecule has 2 unspecified atom stereocenters. The fourth-order valence-electron chi connectivity index (χ4n) is 1.99. The van der Waals surface area contributed by atoms with Gasteiger partial charge in [-0.3, -0.25) is 4.79 Å². The van der Waals surface area contributed by atoms with Crippen LogP contribution in [0.2, 0.25) is 0 Å². The zero-order valence-electron chi connectivity index (χ0n) is 9.44. The first-order valence-electron chi connectivity index (χ1n) is 5.60. The molecule has 4 nitrogen and oxygen atoms in total. The van der Waals surface area contributed by atoms with E-state index in [1.54, 1.807) is 6.92 Å². The molecule has 0 aromatic carbocycles. The predicted octanol–water partition coefficient (Wildman–Crippen LogP) is 1.81. The van der Waals surface area contributed by atoms with Gasteiger partial charge in [0.25, 0.3) is 0 Å². The van der Waals surface area contributed by atoms with Crippen molar-refractivity contribution in [1.29, 1.82) is 0 Å². The van der Waals surface area contributed by atoms with Gasteiger partial charge in [0.2, 0.25) is 6.29 Å².